The first kappa shape index (κ1) is 14.2. The summed E-state index contributed by atoms with van der Waals surface area (Å²) in [4.78, 5) is 15.2. The first-order valence-corrected chi connectivity index (χ1v) is 6.92. The third-order valence-corrected chi connectivity index (χ3v) is 3.86. The minimum atomic E-state index is 0.0419. The van der Waals surface area contributed by atoms with Crippen LogP contribution in [0.25, 0.3) is 0 Å². The van der Waals surface area contributed by atoms with Crippen LogP contribution in [0.5, 0.6) is 0 Å². The zero-order valence-electron chi connectivity index (χ0n) is 11.1. The molecular formula is C13H22N2OS. The Hall–Kier alpha value is -0.870. The van der Waals surface area contributed by atoms with Crippen molar-refractivity contribution in [3.63, 3.8) is 0 Å². The second-order valence-electron chi connectivity index (χ2n) is 4.43. The number of carbonyl (C=O) groups is 1. The van der Waals surface area contributed by atoms with Gasteiger partial charge in [0.1, 0.15) is 0 Å². The van der Waals surface area contributed by atoms with E-state index in [1.54, 1.807) is 11.3 Å². The molecule has 1 N–H and O–H groups in total. The average molecular weight is 254 g/mol. The number of amides is 1. The van der Waals surface area contributed by atoms with Crippen LogP contribution in [0.3, 0.4) is 0 Å². The fourth-order valence-corrected chi connectivity index (χ4v) is 2.64. The van der Waals surface area contributed by atoms with Crippen molar-refractivity contribution in [2.75, 3.05) is 20.1 Å². The van der Waals surface area contributed by atoms with E-state index in [0.29, 0.717) is 0 Å². The van der Waals surface area contributed by atoms with E-state index in [0.717, 1.165) is 19.6 Å². The van der Waals surface area contributed by atoms with Crippen LogP contribution in [0, 0.1) is 12.8 Å². The van der Waals surface area contributed by atoms with Gasteiger partial charge in [0.05, 0.1) is 6.54 Å². The van der Waals surface area contributed by atoms with Gasteiger partial charge in [-0.1, -0.05) is 13.8 Å². The standard InChI is InChI=1S/C13H22N2OS/c1-5-14-8-11(3)13(16)15(4)9-12-10(2)6-7-17-12/h6-7,11,14H,5,8-9H2,1-4H3. The highest BCUT2D eigenvalue weighted by Gasteiger charge is 2.17. The molecule has 1 aromatic rings. The summed E-state index contributed by atoms with van der Waals surface area (Å²) in [6.07, 6.45) is 0. The van der Waals surface area contributed by atoms with E-state index in [2.05, 4.69) is 30.6 Å². The molecule has 0 radical (unpaired) electrons. The number of carbonyl (C=O) groups excluding carboxylic acids is 1. The van der Waals surface area contributed by atoms with Crippen LogP contribution in [0.1, 0.15) is 24.3 Å². The topological polar surface area (TPSA) is 32.3 Å². The highest BCUT2D eigenvalue weighted by Crippen LogP contribution is 2.17. The quantitative estimate of drug-likeness (QED) is 0.844. The van der Waals surface area contributed by atoms with Crippen molar-refractivity contribution in [2.24, 2.45) is 5.92 Å². The Kier molecular flexibility index (Phi) is 5.65. The predicted molar refractivity (Wildman–Crippen MR) is 73.2 cm³/mol. The van der Waals surface area contributed by atoms with E-state index in [9.17, 15) is 4.79 Å². The maximum Gasteiger partial charge on any atom is 0.226 e. The molecule has 17 heavy (non-hydrogen) atoms. The lowest BCUT2D eigenvalue weighted by atomic mass is 10.1. The van der Waals surface area contributed by atoms with E-state index in [1.165, 1.54) is 10.4 Å². The summed E-state index contributed by atoms with van der Waals surface area (Å²) in [6, 6.07) is 2.10. The van der Waals surface area contributed by atoms with Crippen molar-refractivity contribution in [3.8, 4) is 0 Å². The molecule has 4 heteroatoms. The van der Waals surface area contributed by atoms with E-state index in [-0.39, 0.29) is 11.8 Å². The summed E-state index contributed by atoms with van der Waals surface area (Å²) in [5.41, 5.74) is 1.27. The van der Waals surface area contributed by atoms with Gasteiger partial charge in [0.15, 0.2) is 0 Å². The van der Waals surface area contributed by atoms with Gasteiger partial charge in [0.2, 0.25) is 5.91 Å². The van der Waals surface area contributed by atoms with Gasteiger partial charge < -0.3 is 10.2 Å². The molecule has 0 aliphatic heterocycles. The minimum absolute atomic E-state index is 0.0419. The molecular weight excluding hydrogens is 232 g/mol. The molecule has 1 rings (SSSR count). The molecule has 1 amide bonds. The SMILES string of the molecule is CCNCC(C)C(=O)N(C)Cc1sccc1C. The minimum Gasteiger partial charge on any atom is -0.340 e. The summed E-state index contributed by atoms with van der Waals surface area (Å²) in [6.45, 7) is 8.50. The molecule has 1 heterocycles. The smallest absolute Gasteiger partial charge is 0.226 e. The van der Waals surface area contributed by atoms with Crippen LogP contribution in [-0.2, 0) is 11.3 Å². The predicted octanol–water partition coefficient (Wildman–Crippen LogP) is 2.26. The van der Waals surface area contributed by atoms with Crippen LogP contribution in [0.4, 0.5) is 0 Å². The summed E-state index contributed by atoms with van der Waals surface area (Å²) in [5, 5.41) is 5.28. The van der Waals surface area contributed by atoms with Crippen molar-refractivity contribution in [1.29, 1.82) is 0 Å². The van der Waals surface area contributed by atoms with E-state index in [1.807, 2.05) is 18.9 Å². The number of nitrogens with zero attached hydrogens (tertiary/aromatic N) is 1. The molecule has 0 fully saturated rings. The number of nitrogens with one attached hydrogen (secondary N) is 1. The van der Waals surface area contributed by atoms with Crippen molar-refractivity contribution >= 4 is 17.2 Å². The molecule has 0 bridgehead atoms. The fourth-order valence-electron chi connectivity index (χ4n) is 1.68. The van der Waals surface area contributed by atoms with Gasteiger partial charge >= 0.3 is 0 Å². The summed E-state index contributed by atoms with van der Waals surface area (Å²) in [7, 11) is 1.88. The number of aryl methyl sites for hydroxylation is 1. The second kappa shape index (κ2) is 6.77. The lowest BCUT2D eigenvalue weighted by Crippen LogP contribution is -2.36. The van der Waals surface area contributed by atoms with Crippen LogP contribution >= 0.6 is 11.3 Å². The van der Waals surface area contributed by atoms with Gasteiger partial charge in [-0.3, -0.25) is 4.79 Å². The number of thiophene rings is 1. The van der Waals surface area contributed by atoms with Crippen LogP contribution in [0.15, 0.2) is 11.4 Å². The van der Waals surface area contributed by atoms with E-state index in [4.69, 9.17) is 0 Å². The zero-order chi connectivity index (χ0) is 12.8. The van der Waals surface area contributed by atoms with Crippen molar-refractivity contribution < 1.29 is 4.79 Å². The van der Waals surface area contributed by atoms with Gasteiger partial charge in [-0.05, 0) is 30.5 Å². The Morgan fingerprint density at radius 3 is 2.82 bits per heavy atom. The fraction of sp³-hybridized carbons (Fsp3) is 0.615. The monoisotopic (exact) mass is 254 g/mol. The van der Waals surface area contributed by atoms with Gasteiger partial charge in [-0.15, -0.1) is 11.3 Å². The van der Waals surface area contributed by atoms with Crippen molar-refractivity contribution in [3.05, 3.63) is 21.9 Å². The lowest BCUT2D eigenvalue weighted by Gasteiger charge is -2.21. The number of hydrogen-bond donors (Lipinski definition) is 1. The summed E-state index contributed by atoms with van der Waals surface area (Å²) in [5.74, 6) is 0.249. The van der Waals surface area contributed by atoms with Gasteiger partial charge in [-0.2, -0.15) is 0 Å². The lowest BCUT2D eigenvalue weighted by molar-refractivity contribution is -0.134. The Balaban J connectivity index is 2.49. The molecule has 1 aromatic heterocycles. The molecule has 1 atom stereocenters. The first-order chi connectivity index (χ1) is 8.06. The Morgan fingerprint density at radius 2 is 2.29 bits per heavy atom. The maximum absolute atomic E-state index is 12.1. The molecule has 1 unspecified atom stereocenters. The Bertz CT molecular complexity index is 362. The van der Waals surface area contributed by atoms with Gasteiger partial charge in [-0.25, -0.2) is 0 Å². The van der Waals surface area contributed by atoms with Crippen LogP contribution < -0.4 is 5.32 Å². The summed E-state index contributed by atoms with van der Waals surface area (Å²) >= 11 is 1.72. The van der Waals surface area contributed by atoms with Crippen molar-refractivity contribution in [2.45, 2.75) is 27.3 Å². The average Bonchev–Trinajstić information content (AvgIpc) is 2.70. The van der Waals surface area contributed by atoms with E-state index < -0.39 is 0 Å². The van der Waals surface area contributed by atoms with Crippen molar-refractivity contribution in [1.82, 2.24) is 10.2 Å². The highest BCUT2D eigenvalue weighted by molar-refractivity contribution is 7.10. The molecule has 96 valence electrons. The largest absolute Gasteiger partial charge is 0.340 e. The molecule has 0 spiro atoms. The molecule has 0 aromatic carbocycles. The third kappa shape index (κ3) is 4.13. The maximum atomic E-state index is 12.1. The molecule has 3 nitrogen and oxygen atoms in total. The van der Waals surface area contributed by atoms with E-state index >= 15 is 0 Å². The molecule has 0 saturated heterocycles. The second-order valence-corrected chi connectivity index (χ2v) is 5.43. The number of rotatable bonds is 6. The summed E-state index contributed by atoms with van der Waals surface area (Å²) < 4.78 is 0. The van der Waals surface area contributed by atoms with Crippen LogP contribution in [-0.4, -0.2) is 30.9 Å². The highest BCUT2D eigenvalue weighted by atomic mass is 32.1. The van der Waals surface area contributed by atoms with Crippen LogP contribution in [0.2, 0.25) is 0 Å². The zero-order valence-corrected chi connectivity index (χ0v) is 11.9. The molecule has 0 aliphatic carbocycles. The van der Waals surface area contributed by atoms with Gasteiger partial charge in [0, 0.05) is 24.4 Å². The van der Waals surface area contributed by atoms with Gasteiger partial charge in [0.25, 0.3) is 0 Å². The number of hydrogen-bond acceptors (Lipinski definition) is 3. The first-order valence-electron chi connectivity index (χ1n) is 6.05. The third-order valence-electron chi connectivity index (χ3n) is 2.85. The molecule has 0 saturated carbocycles. The normalized spacial score (nSPS) is 12.5. The Labute approximate surface area is 108 Å². The Morgan fingerprint density at radius 1 is 1.59 bits per heavy atom. The molecule has 0 aliphatic rings.